The van der Waals surface area contributed by atoms with Crippen molar-refractivity contribution in [2.24, 2.45) is 0 Å². The first-order chi connectivity index (χ1) is 8.41. The fourth-order valence-electron chi connectivity index (χ4n) is 1.39. The number of ether oxygens (including phenoxy) is 1. The van der Waals surface area contributed by atoms with Gasteiger partial charge in [0.25, 0.3) is 5.91 Å². The summed E-state index contributed by atoms with van der Waals surface area (Å²) in [4.78, 5) is 13.4. The van der Waals surface area contributed by atoms with Gasteiger partial charge in [-0.15, -0.1) is 0 Å². The summed E-state index contributed by atoms with van der Waals surface area (Å²) < 4.78 is 18.8. The van der Waals surface area contributed by atoms with Gasteiger partial charge < -0.3 is 9.64 Å². The number of carbonyl (C=O) groups is 1. The van der Waals surface area contributed by atoms with Gasteiger partial charge in [-0.3, -0.25) is 4.79 Å². The molecule has 3 nitrogen and oxygen atoms in total. The summed E-state index contributed by atoms with van der Waals surface area (Å²) in [6.07, 6.45) is 0.108. The van der Waals surface area contributed by atoms with Crippen LogP contribution in [0, 0.1) is 5.82 Å². The van der Waals surface area contributed by atoms with Crippen molar-refractivity contribution in [2.75, 3.05) is 20.2 Å². The van der Waals surface area contributed by atoms with Crippen LogP contribution in [0.1, 0.15) is 24.2 Å². The van der Waals surface area contributed by atoms with Crippen molar-refractivity contribution in [1.29, 1.82) is 0 Å². The number of rotatable bonds is 5. The molecule has 100 valence electrons. The molecule has 0 saturated carbocycles. The van der Waals surface area contributed by atoms with Crippen molar-refractivity contribution < 1.29 is 13.9 Å². The Morgan fingerprint density at radius 2 is 2.17 bits per heavy atom. The van der Waals surface area contributed by atoms with Gasteiger partial charge in [0.2, 0.25) is 0 Å². The zero-order chi connectivity index (χ0) is 13.7. The molecule has 0 unspecified atom stereocenters. The Kier molecular flexibility index (Phi) is 5.56. The lowest BCUT2D eigenvalue weighted by Crippen LogP contribution is -2.31. The largest absolute Gasteiger partial charge is 0.377 e. The molecule has 0 saturated heterocycles. The quantitative estimate of drug-likeness (QED) is 0.825. The van der Waals surface area contributed by atoms with Crippen LogP contribution in [0.25, 0.3) is 0 Å². The molecule has 5 heteroatoms. The monoisotopic (exact) mass is 273 g/mol. The van der Waals surface area contributed by atoms with Gasteiger partial charge in [-0.05, 0) is 32.0 Å². The van der Waals surface area contributed by atoms with E-state index in [9.17, 15) is 9.18 Å². The molecule has 0 radical (unpaired) electrons. The molecule has 1 amide bonds. The lowest BCUT2D eigenvalue weighted by molar-refractivity contribution is 0.0529. The molecule has 0 bridgehead atoms. The number of halogens is 2. The zero-order valence-electron chi connectivity index (χ0n) is 10.7. The van der Waals surface area contributed by atoms with Gasteiger partial charge in [0.15, 0.2) is 0 Å². The normalized spacial score (nSPS) is 10.8. The standard InChI is InChI=1S/C13H17ClFNO2/c1-9(2)18-7-6-16(3)13(17)11-8-10(14)4-5-12(11)15/h4-5,8-9H,6-7H2,1-3H3. The Labute approximate surface area is 111 Å². The van der Waals surface area contributed by atoms with Crippen LogP contribution in [0.5, 0.6) is 0 Å². The molecule has 1 rings (SSSR count). The third-order valence-corrected chi connectivity index (χ3v) is 2.62. The zero-order valence-corrected chi connectivity index (χ0v) is 11.5. The molecule has 1 aromatic carbocycles. The van der Waals surface area contributed by atoms with Crippen LogP contribution in [0.2, 0.25) is 5.02 Å². The van der Waals surface area contributed by atoms with E-state index in [1.54, 1.807) is 7.05 Å². The molecule has 0 heterocycles. The average molecular weight is 274 g/mol. The van der Waals surface area contributed by atoms with Crippen molar-refractivity contribution in [3.8, 4) is 0 Å². The van der Waals surface area contributed by atoms with E-state index in [2.05, 4.69) is 0 Å². The van der Waals surface area contributed by atoms with E-state index in [-0.39, 0.29) is 11.7 Å². The highest BCUT2D eigenvalue weighted by atomic mass is 35.5. The van der Waals surface area contributed by atoms with Gasteiger partial charge in [-0.2, -0.15) is 0 Å². The molecule has 0 spiro atoms. The topological polar surface area (TPSA) is 29.5 Å². The molecule has 0 aliphatic rings. The van der Waals surface area contributed by atoms with Crippen molar-refractivity contribution >= 4 is 17.5 Å². The van der Waals surface area contributed by atoms with E-state index in [4.69, 9.17) is 16.3 Å². The summed E-state index contributed by atoms with van der Waals surface area (Å²) in [5.74, 6) is -0.969. The second-order valence-electron chi connectivity index (χ2n) is 4.27. The van der Waals surface area contributed by atoms with E-state index in [1.807, 2.05) is 13.8 Å². The fourth-order valence-corrected chi connectivity index (χ4v) is 1.57. The fraction of sp³-hybridized carbons (Fsp3) is 0.462. The summed E-state index contributed by atoms with van der Waals surface area (Å²) >= 11 is 5.75. The predicted molar refractivity (Wildman–Crippen MR) is 69.5 cm³/mol. The third kappa shape index (κ3) is 4.27. The molecule has 1 aromatic rings. The first-order valence-corrected chi connectivity index (χ1v) is 6.11. The highest BCUT2D eigenvalue weighted by molar-refractivity contribution is 6.30. The lowest BCUT2D eigenvalue weighted by atomic mass is 10.2. The molecule has 0 aliphatic heterocycles. The second kappa shape index (κ2) is 6.71. The van der Waals surface area contributed by atoms with Crippen LogP contribution in [0.15, 0.2) is 18.2 Å². The van der Waals surface area contributed by atoms with Crippen molar-refractivity contribution in [1.82, 2.24) is 4.90 Å². The molecule has 18 heavy (non-hydrogen) atoms. The smallest absolute Gasteiger partial charge is 0.256 e. The summed E-state index contributed by atoms with van der Waals surface area (Å²) in [7, 11) is 1.60. The summed E-state index contributed by atoms with van der Waals surface area (Å²) in [5, 5.41) is 0.339. The van der Waals surface area contributed by atoms with E-state index in [0.717, 1.165) is 0 Å². The number of hydrogen-bond acceptors (Lipinski definition) is 2. The molecule has 0 fully saturated rings. The maximum absolute atomic E-state index is 13.5. The maximum Gasteiger partial charge on any atom is 0.256 e. The minimum atomic E-state index is -0.568. The van der Waals surface area contributed by atoms with Crippen LogP contribution in [-0.2, 0) is 4.74 Å². The van der Waals surface area contributed by atoms with Crippen LogP contribution < -0.4 is 0 Å². The summed E-state index contributed by atoms with van der Waals surface area (Å²) in [6.45, 7) is 4.65. The first kappa shape index (κ1) is 14.9. The Bertz CT molecular complexity index is 423. The summed E-state index contributed by atoms with van der Waals surface area (Å²) in [6, 6.07) is 3.93. The first-order valence-electron chi connectivity index (χ1n) is 5.74. The van der Waals surface area contributed by atoms with Crippen LogP contribution in [0.3, 0.4) is 0 Å². The maximum atomic E-state index is 13.5. The number of likely N-dealkylation sites (N-methyl/N-ethyl adjacent to an activating group) is 1. The molecular weight excluding hydrogens is 257 g/mol. The van der Waals surface area contributed by atoms with E-state index in [0.29, 0.717) is 18.2 Å². The number of amides is 1. The third-order valence-electron chi connectivity index (χ3n) is 2.38. The summed E-state index contributed by atoms with van der Waals surface area (Å²) in [5.41, 5.74) is -0.0189. The predicted octanol–water partition coefficient (Wildman–Crippen LogP) is 2.98. The molecule has 0 N–H and O–H groups in total. The van der Waals surface area contributed by atoms with E-state index in [1.165, 1.54) is 23.1 Å². The number of hydrogen-bond donors (Lipinski definition) is 0. The van der Waals surface area contributed by atoms with Crippen LogP contribution >= 0.6 is 11.6 Å². The van der Waals surface area contributed by atoms with E-state index < -0.39 is 11.7 Å². The number of benzene rings is 1. The molecular formula is C13H17ClFNO2. The van der Waals surface area contributed by atoms with Gasteiger partial charge in [-0.25, -0.2) is 4.39 Å². The van der Waals surface area contributed by atoms with E-state index >= 15 is 0 Å². The van der Waals surface area contributed by atoms with Gasteiger partial charge >= 0.3 is 0 Å². The number of nitrogens with zero attached hydrogens (tertiary/aromatic N) is 1. The van der Waals surface area contributed by atoms with Crippen molar-refractivity contribution in [3.63, 3.8) is 0 Å². The minimum Gasteiger partial charge on any atom is -0.377 e. The Balaban J connectivity index is 2.65. The van der Waals surface area contributed by atoms with Crippen LogP contribution in [0.4, 0.5) is 4.39 Å². The Hall–Kier alpha value is -1.13. The van der Waals surface area contributed by atoms with Gasteiger partial charge in [0.05, 0.1) is 18.3 Å². The highest BCUT2D eigenvalue weighted by Crippen LogP contribution is 2.16. The van der Waals surface area contributed by atoms with Crippen molar-refractivity contribution in [2.45, 2.75) is 20.0 Å². The Morgan fingerprint density at radius 3 is 2.78 bits per heavy atom. The minimum absolute atomic E-state index is 0.0189. The highest BCUT2D eigenvalue weighted by Gasteiger charge is 2.16. The van der Waals surface area contributed by atoms with Crippen LogP contribution in [-0.4, -0.2) is 37.1 Å². The molecule has 0 atom stereocenters. The van der Waals surface area contributed by atoms with Gasteiger partial charge in [0, 0.05) is 18.6 Å². The lowest BCUT2D eigenvalue weighted by Gasteiger charge is -2.18. The molecule has 0 aliphatic carbocycles. The SMILES string of the molecule is CC(C)OCCN(C)C(=O)c1cc(Cl)ccc1F. The van der Waals surface area contributed by atoms with Gasteiger partial charge in [-0.1, -0.05) is 11.6 Å². The average Bonchev–Trinajstić information content (AvgIpc) is 2.30. The number of carbonyl (C=O) groups excluding carboxylic acids is 1. The molecule has 0 aromatic heterocycles. The van der Waals surface area contributed by atoms with Crippen molar-refractivity contribution in [3.05, 3.63) is 34.6 Å². The second-order valence-corrected chi connectivity index (χ2v) is 4.71. The Morgan fingerprint density at radius 1 is 1.50 bits per heavy atom. The van der Waals surface area contributed by atoms with Gasteiger partial charge in [0.1, 0.15) is 5.82 Å².